The van der Waals surface area contributed by atoms with Crippen LogP contribution in [0.5, 0.6) is 0 Å². The van der Waals surface area contributed by atoms with Gasteiger partial charge >= 0.3 is 5.69 Å². The fourth-order valence-electron chi connectivity index (χ4n) is 4.14. The Labute approximate surface area is 230 Å². The van der Waals surface area contributed by atoms with Crippen LogP contribution < -0.4 is 31.7 Å². The molecule has 6 N–H and O–H groups in total. The number of ether oxygens (including phenoxy) is 2. The summed E-state index contributed by atoms with van der Waals surface area (Å²) in [4.78, 5) is 72.9. The lowest BCUT2D eigenvalue weighted by molar-refractivity contribution is -0.271. The summed E-state index contributed by atoms with van der Waals surface area (Å²) in [6, 6.07) is -1.81. The zero-order valence-electron chi connectivity index (χ0n) is 21.5. The van der Waals surface area contributed by atoms with Gasteiger partial charge < -0.3 is 49.7 Å². The molecule has 232 valence electrons. The maximum atomic E-state index is 12.4. The van der Waals surface area contributed by atoms with Gasteiger partial charge in [0, 0.05) is 26.1 Å². The number of aliphatic hydroxyl groups excluding tert-OH is 3. The molecule has 2 amide bonds. The average molecular weight is 630 g/mol. The summed E-state index contributed by atoms with van der Waals surface area (Å²) >= 11 is 0. The van der Waals surface area contributed by atoms with Gasteiger partial charge in [0.15, 0.2) is 12.5 Å². The van der Waals surface area contributed by atoms with Crippen molar-refractivity contribution >= 4 is 27.5 Å². The van der Waals surface area contributed by atoms with Crippen molar-refractivity contribution in [3.63, 3.8) is 0 Å². The third-order valence-electron chi connectivity index (χ3n) is 5.92. The average Bonchev–Trinajstić information content (AvgIpc) is 3.10. The van der Waals surface area contributed by atoms with E-state index in [-0.39, 0.29) is 0 Å². The Kier molecular flexibility index (Phi) is 10.4. The molecule has 0 aromatic carbocycles. The largest absolute Gasteiger partial charge is 0.756 e. The number of hydrogen-bond donors (Lipinski definition) is 6. The SMILES string of the molecule is CC(=O)N[C@H]1[C@@H](OP(=O)([O-])OP(=O)([O-])OC[C@H]2O[C@@H](n3ccc(=O)[nH]c3=O)[C@H](O)[C@@H]2O)O[C@@H](C)[C@@H](NC(C)=O)[C@@H]1O. The number of carbonyl (C=O) groups is 2. The van der Waals surface area contributed by atoms with Gasteiger partial charge in [-0.1, -0.05) is 0 Å². The van der Waals surface area contributed by atoms with E-state index in [9.17, 15) is 53.4 Å². The second-order valence-electron chi connectivity index (χ2n) is 9.09. The summed E-state index contributed by atoms with van der Waals surface area (Å²) < 4.78 is 49.2. The quantitative estimate of drug-likeness (QED) is 0.132. The van der Waals surface area contributed by atoms with Gasteiger partial charge in [-0.25, -0.2) is 9.11 Å². The van der Waals surface area contributed by atoms with E-state index in [1.54, 1.807) is 0 Å². The van der Waals surface area contributed by atoms with Gasteiger partial charge in [-0.3, -0.25) is 37.6 Å². The van der Waals surface area contributed by atoms with E-state index in [4.69, 9.17) is 9.47 Å². The Morgan fingerprint density at radius 1 is 1.02 bits per heavy atom. The molecule has 0 bridgehead atoms. The highest BCUT2D eigenvalue weighted by molar-refractivity contribution is 7.59. The molecule has 2 unspecified atom stereocenters. The molecule has 2 aliphatic heterocycles. The first-order valence-corrected chi connectivity index (χ1v) is 14.7. The van der Waals surface area contributed by atoms with Gasteiger partial charge in [-0.2, -0.15) is 0 Å². The van der Waals surface area contributed by atoms with Crippen LogP contribution in [0.15, 0.2) is 21.9 Å². The van der Waals surface area contributed by atoms with Crippen molar-refractivity contribution in [3.05, 3.63) is 33.1 Å². The Morgan fingerprint density at radius 3 is 2.22 bits per heavy atom. The van der Waals surface area contributed by atoms with Gasteiger partial charge in [0.05, 0.1) is 18.8 Å². The van der Waals surface area contributed by atoms with E-state index < -0.39 is 100 Å². The Bertz CT molecular complexity index is 1340. The van der Waals surface area contributed by atoms with Crippen LogP contribution in [0.1, 0.15) is 27.0 Å². The fraction of sp³-hybridized carbons (Fsp3) is 0.684. The van der Waals surface area contributed by atoms with Crippen LogP contribution in [0.3, 0.4) is 0 Å². The van der Waals surface area contributed by atoms with Crippen LogP contribution in [0.2, 0.25) is 0 Å². The first kappa shape index (κ1) is 33.2. The number of H-pyrrole nitrogens is 1. The zero-order chi connectivity index (χ0) is 30.9. The maximum Gasteiger partial charge on any atom is 0.330 e. The summed E-state index contributed by atoms with van der Waals surface area (Å²) in [5, 5.41) is 35.6. The summed E-state index contributed by atoms with van der Waals surface area (Å²) in [7, 11) is -11.7. The van der Waals surface area contributed by atoms with Crippen molar-refractivity contribution in [2.45, 2.75) is 75.9 Å². The van der Waals surface area contributed by atoms with E-state index in [2.05, 4.69) is 24.0 Å². The van der Waals surface area contributed by atoms with Crippen molar-refractivity contribution in [2.75, 3.05) is 6.61 Å². The molecule has 1 aromatic heterocycles. The van der Waals surface area contributed by atoms with E-state index in [1.807, 2.05) is 4.98 Å². The fourth-order valence-corrected chi connectivity index (χ4v) is 6.23. The molecule has 0 aliphatic carbocycles. The first-order chi connectivity index (χ1) is 18.9. The molecule has 2 saturated heterocycles. The number of nitrogens with zero attached hydrogens (tertiary/aromatic N) is 1. The molecule has 2 fully saturated rings. The van der Waals surface area contributed by atoms with Crippen molar-refractivity contribution in [3.8, 4) is 0 Å². The van der Waals surface area contributed by atoms with Crippen molar-refractivity contribution in [1.82, 2.24) is 20.2 Å². The van der Waals surface area contributed by atoms with Crippen LogP contribution in [0.25, 0.3) is 0 Å². The summed E-state index contributed by atoms with van der Waals surface area (Å²) in [5.41, 5.74) is -1.77. The highest BCUT2D eigenvalue weighted by Gasteiger charge is 2.47. The van der Waals surface area contributed by atoms with Crippen LogP contribution in [0, 0.1) is 0 Å². The molecule has 3 heterocycles. The van der Waals surface area contributed by atoms with Gasteiger partial charge in [0.2, 0.25) is 11.8 Å². The highest BCUT2D eigenvalue weighted by atomic mass is 31.3. The number of aromatic amines is 1. The molecule has 11 atom stereocenters. The van der Waals surface area contributed by atoms with Crippen molar-refractivity contribution in [1.29, 1.82) is 0 Å². The lowest BCUT2D eigenvalue weighted by Gasteiger charge is -2.45. The van der Waals surface area contributed by atoms with Gasteiger partial charge in [0.1, 0.15) is 30.5 Å². The number of phosphoric acid groups is 2. The number of amides is 2. The molecule has 3 rings (SSSR count). The molecule has 22 heteroatoms. The Balaban J connectivity index is 1.66. The number of nitrogens with one attached hydrogen (secondary N) is 3. The number of carbonyl (C=O) groups excluding carboxylic acids is 2. The van der Waals surface area contributed by atoms with Crippen molar-refractivity contribution < 1.29 is 66.7 Å². The lowest BCUT2D eigenvalue weighted by atomic mass is 9.95. The molecule has 41 heavy (non-hydrogen) atoms. The van der Waals surface area contributed by atoms with Crippen LogP contribution in [-0.2, 0) is 41.6 Å². The topological polar surface area (TPSA) is 300 Å². The molecule has 20 nitrogen and oxygen atoms in total. The second kappa shape index (κ2) is 12.9. The summed E-state index contributed by atoms with van der Waals surface area (Å²) in [6.45, 7) is 2.39. The Morgan fingerprint density at radius 2 is 1.63 bits per heavy atom. The predicted molar refractivity (Wildman–Crippen MR) is 126 cm³/mol. The number of aliphatic hydroxyl groups is 3. The smallest absolute Gasteiger partial charge is 0.330 e. The minimum Gasteiger partial charge on any atom is -0.756 e. The maximum absolute atomic E-state index is 12.4. The van der Waals surface area contributed by atoms with E-state index >= 15 is 0 Å². The minimum absolute atomic E-state index is 0.575. The molecular formula is C19H28N4O16P2-2. The van der Waals surface area contributed by atoms with Crippen LogP contribution in [-0.4, -0.2) is 92.2 Å². The number of hydrogen-bond acceptors (Lipinski definition) is 16. The lowest BCUT2D eigenvalue weighted by Crippen LogP contribution is -2.67. The van der Waals surface area contributed by atoms with Crippen LogP contribution in [0.4, 0.5) is 0 Å². The summed E-state index contributed by atoms with van der Waals surface area (Å²) in [6.07, 6.45) is -10.6. The molecule has 0 radical (unpaired) electrons. The van der Waals surface area contributed by atoms with Crippen molar-refractivity contribution in [2.24, 2.45) is 0 Å². The third kappa shape index (κ3) is 8.38. The van der Waals surface area contributed by atoms with Crippen LogP contribution >= 0.6 is 15.6 Å². The van der Waals surface area contributed by atoms with E-state index in [0.29, 0.717) is 4.57 Å². The minimum atomic E-state index is -5.88. The predicted octanol–water partition coefficient (Wildman–Crippen LogP) is -4.74. The monoisotopic (exact) mass is 630 g/mol. The number of phosphoric ester groups is 2. The Hall–Kier alpha value is -2.32. The molecule has 0 spiro atoms. The zero-order valence-corrected chi connectivity index (χ0v) is 23.3. The molecular weight excluding hydrogens is 602 g/mol. The van der Waals surface area contributed by atoms with Gasteiger partial charge in [-0.05, 0) is 6.92 Å². The van der Waals surface area contributed by atoms with Gasteiger partial charge in [-0.15, -0.1) is 0 Å². The third-order valence-corrected chi connectivity index (χ3v) is 8.45. The second-order valence-corrected chi connectivity index (χ2v) is 12.0. The van der Waals surface area contributed by atoms with Gasteiger partial charge in [0.25, 0.3) is 21.2 Å². The van der Waals surface area contributed by atoms with E-state index in [1.165, 1.54) is 6.92 Å². The standard InChI is InChI=1S/C19H30N4O16P2/c1-7-12(20-8(2)24)15(28)13(21-9(3)25)18(36-7)38-41(33,34)39-40(31,32)35-6-10-14(27)16(29)17(37-10)23-5-4-11(26)22-19(23)30/h4-5,7,10,12-18,27-29H,6H2,1-3H3,(H,20,24)(H,21,25)(H,31,32)(H,33,34)(H,22,26,30)/p-2/t7-,10+,12+,13+,14+,15-,16+,17+,18+/m0/s1. The first-order valence-electron chi connectivity index (χ1n) is 11.8. The molecule has 0 saturated carbocycles. The highest BCUT2D eigenvalue weighted by Crippen LogP contribution is 2.57. The number of aromatic nitrogens is 2. The molecule has 1 aromatic rings. The van der Waals surface area contributed by atoms with E-state index in [0.717, 1.165) is 26.1 Å². The molecule has 2 aliphatic rings. The summed E-state index contributed by atoms with van der Waals surface area (Å²) in [5.74, 6) is -1.34. The number of rotatable bonds is 10. The normalized spacial score (nSPS) is 34.8.